The fraction of sp³-hybridized carbons (Fsp3) is 0. The monoisotopic (exact) mass is 385 g/mol. The molecule has 0 saturated heterocycles. The Balaban J connectivity index is 2.38. The van der Waals surface area contributed by atoms with Gasteiger partial charge in [0, 0.05) is 6.07 Å². The maximum Gasteiger partial charge on any atom is 0.271 e. The second-order valence-electron chi connectivity index (χ2n) is 3.45. The third kappa shape index (κ3) is 3.19. The average Bonchev–Trinajstić information content (AvgIpc) is 2.73. The summed E-state index contributed by atoms with van der Waals surface area (Å²) in [5.41, 5.74) is -0.184. The second kappa shape index (κ2) is 5.28. The highest BCUT2D eigenvalue weighted by Gasteiger charge is 2.19. The van der Waals surface area contributed by atoms with Gasteiger partial charge in [0.05, 0.1) is 14.5 Å². The highest BCUT2D eigenvalue weighted by atomic mass is 79.9. The lowest BCUT2D eigenvalue weighted by molar-refractivity contribution is 0.471. The number of rotatable bonds is 3. The van der Waals surface area contributed by atoms with E-state index in [0.29, 0.717) is 3.79 Å². The maximum atomic E-state index is 13.0. The molecule has 1 aromatic heterocycles. The van der Waals surface area contributed by atoms with Crippen LogP contribution >= 0.6 is 38.9 Å². The first-order chi connectivity index (χ1) is 8.79. The van der Waals surface area contributed by atoms with Crippen LogP contribution < -0.4 is 4.72 Å². The molecule has 0 aliphatic rings. The lowest BCUT2D eigenvalue weighted by atomic mass is 10.3. The summed E-state index contributed by atoms with van der Waals surface area (Å²) in [6.07, 6.45) is 0. The highest BCUT2D eigenvalue weighted by Crippen LogP contribution is 2.33. The van der Waals surface area contributed by atoms with Crippen LogP contribution in [0.25, 0.3) is 0 Å². The van der Waals surface area contributed by atoms with Crippen molar-refractivity contribution in [1.82, 2.24) is 0 Å². The van der Waals surface area contributed by atoms with E-state index in [0.717, 1.165) is 23.5 Å². The molecule has 1 aromatic carbocycles. The standard InChI is InChI=1S/C10H6BrClFNO3S2/c11-9-1-2-10(18-9)19(16,17)14-7-3-5(12)6(13)4-8(7)15/h1-4,14-15H. The number of hydrogen-bond donors (Lipinski definition) is 2. The van der Waals surface area contributed by atoms with Gasteiger partial charge in [0.1, 0.15) is 15.8 Å². The van der Waals surface area contributed by atoms with Crippen molar-refractivity contribution in [2.24, 2.45) is 0 Å². The van der Waals surface area contributed by atoms with Crippen molar-refractivity contribution in [2.75, 3.05) is 4.72 Å². The lowest BCUT2D eigenvalue weighted by Gasteiger charge is -2.09. The van der Waals surface area contributed by atoms with Crippen molar-refractivity contribution in [3.63, 3.8) is 0 Å². The van der Waals surface area contributed by atoms with Gasteiger partial charge in [-0.15, -0.1) is 11.3 Å². The molecule has 0 amide bonds. The minimum Gasteiger partial charge on any atom is -0.506 e. The zero-order valence-corrected chi connectivity index (χ0v) is 13.0. The molecule has 2 N–H and O–H groups in total. The van der Waals surface area contributed by atoms with E-state index < -0.39 is 21.6 Å². The summed E-state index contributed by atoms with van der Waals surface area (Å²) in [6.45, 7) is 0. The summed E-state index contributed by atoms with van der Waals surface area (Å²) in [7, 11) is -3.85. The molecule has 0 bridgehead atoms. The first-order valence-electron chi connectivity index (χ1n) is 4.76. The fourth-order valence-electron chi connectivity index (χ4n) is 1.26. The quantitative estimate of drug-likeness (QED) is 0.788. The van der Waals surface area contributed by atoms with Crippen LogP contribution in [0.2, 0.25) is 5.02 Å². The average molecular weight is 387 g/mol. The minimum absolute atomic E-state index is 0.0548. The SMILES string of the molecule is O=S(=O)(Nc1cc(Cl)c(F)cc1O)c1ccc(Br)s1. The molecule has 2 aromatic rings. The number of benzene rings is 1. The Kier molecular flexibility index (Phi) is 4.05. The number of nitrogens with one attached hydrogen (secondary N) is 1. The molecule has 0 aliphatic heterocycles. The van der Waals surface area contributed by atoms with Crippen LogP contribution in [0.1, 0.15) is 0 Å². The van der Waals surface area contributed by atoms with E-state index in [9.17, 15) is 17.9 Å². The molecule has 0 spiro atoms. The van der Waals surface area contributed by atoms with Crippen LogP contribution in [0, 0.1) is 5.82 Å². The van der Waals surface area contributed by atoms with Gasteiger partial charge in [-0.05, 0) is 34.1 Å². The Bertz CT molecular complexity index is 732. The molecule has 9 heteroatoms. The first-order valence-corrected chi connectivity index (χ1v) is 8.23. The smallest absolute Gasteiger partial charge is 0.271 e. The summed E-state index contributed by atoms with van der Waals surface area (Å²) in [5.74, 6) is -1.37. The Hall–Kier alpha value is -0.830. The van der Waals surface area contributed by atoms with Crippen molar-refractivity contribution < 1.29 is 17.9 Å². The number of hydrogen-bond acceptors (Lipinski definition) is 4. The second-order valence-corrected chi connectivity index (χ2v) is 8.23. The number of anilines is 1. The zero-order valence-electron chi connectivity index (χ0n) is 9.02. The molecule has 2 rings (SSSR count). The maximum absolute atomic E-state index is 13.0. The molecule has 0 unspecified atom stereocenters. The van der Waals surface area contributed by atoms with E-state index in [4.69, 9.17) is 11.6 Å². The molecule has 1 heterocycles. The molecule has 0 saturated carbocycles. The van der Waals surface area contributed by atoms with Crippen LogP contribution in [-0.4, -0.2) is 13.5 Å². The fourth-order valence-corrected chi connectivity index (χ4v) is 4.49. The summed E-state index contributed by atoms with van der Waals surface area (Å²) >= 11 is 9.70. The molecule has 0 radical (unpaired) electrons. The van der Waals surface area contributed by atoms with Crippen LogP contribution in [0.4, 0.5) is 10.1 Å². The van der Waals surface area contributed by atoms with Crippen molar-refractivity contribution in [2.45, 2.75) is 4.21 Å². The van der Waals surface area contributed by atoms with Gasteiger partial charge in [-0.1, -0.05) is 11.6 Å². The van der Waals surface area contributed by atoms with Gasteiger partial charge in [0.25, 0.3) is 10.0 Å². The predicted octanol–water partition coefficient (Wildman–Crippen LogP) is 3.81. The number of thiophene rings is 1. The van der Waals surface area contributed by atoms with E-state index in [-0.39, 0.29) is 14.9 Å². The summed E-state index contributed by atoms with van der Waals surface area (Å²) in [6, 6.07) is 4.73. The third-order valence-electron chi connectivity index (χ3n) is 2.10. The molecule has 4 nitrogen and oxygen atoms in total. The van der Waals surface area contributed by atoms with Crippen molar-refractivity contribution in [1.29, 1.82) is 0 Å². The number of phenolic OH excluding ortho intramolecular Hbond substituents is 1. The van der Waals surface area contributed by atoms with Crippen LogP contribution in [0.15, 0.2) is 32.3 Å². The number of sulfonamides is 1. The summed E-state index contributed by atoms with van der Waals surface area (Å²) in [4.78, 5) is 0. The Morgan fingerprint density at radius 1 is 1.37 bits per heavy atom. The molecule has 0 aliphatic carbocycles. The number of halogens is 3. The van der Waals surface area contributed by atoms with Gasteiger partial charge in [0.2, 0.25) is 0 Å². The van der Waals surface area contributed by atoms with E-state index in [1.807, 2.05) is 0 Å². The summed E-state index contributed by atoms with van der Waals surface area (Å²) in [5, 5.41) is 9.21. The Morgan fingerprint density at radius 3 is 2.63 bits per heavy atom. The number of phenols is 1. The van der Waals surface area contributed by atoms with E-state index in [1.54, 1.807) is 6.07 Å². The third-order valence-corrected chi connectivity index (χ3v) is 5.87. The molecular weight excluding hydrogens is 381 g/mol. The van der Waals surface area contributed by atoms with E-state index >= 15 is 0 Å². The van der Waals surface area contributed by atoms with Crippen LogP contribution in [0.5, 0.6) is 5.75 Å². The number of aromatic hydroxyl groups is 1. The Labute approximate surface area is 126 Å². The zero-order chi connectivity index (χ0) is 14.2. The van der Waals surface area contributed by atoms with Gasteiger partial charge in [-0.3, -0.25) is 4.72 Å². The topological polar surface area (TPSA) is 66.4 Å². The Morgan fingerprint density at radius 2 is 2.05 bits per heavy atom. The van der Waals surface area contributed by atoms with Gasteiger partial charge < -0.3 is 5.11 Å². The van der Waals surface area contributed by atoms with Gasteiger partial charge in [0.15, 0.2) is 0 Å². The highest BCUT2D eigenvalue weighted by molar-refractivity contribution is 9.11. The molecule has 0 atom stereocenters. The van der Waals surface area contributed by atoms with E-state index in [1.165, 1.54) is 6.07 Å². The lowest BCUT2D eigenvalue weighted by Crippen LogP contribution is -2.11. The largest absolute Gasteiger partial charge is 0.506 e. The normalized spacial score (nSPS) is 11.5. The molecule has 102 valence electrons. The molecule has 0 fully saturated rings. The van der Waals surface area contributed by atoms with Crippen molar-refractivity contribution in [3.8, 4) is 5.75 Å². The predicted molar refractivity (Wildman–Crippen MR) is 75.9 cm³/mol. The van der Waals surface area contributed by atoms with Crippen molar-refractivity contribution in [3.05, 3.63) is 38.9 Å². The van der Waals surface area contributed by atoms with Crippen LogP contribution in [0.3, 0.4) is 0 Å². The molecular formula is C10H6BrClFNO3S2. The first kappa shape index (κ1) is 14.6. The van der Waals surface area contributed by atoms with Gasteiger partial charge >= 0.3 is 0 Å². The van der Waals surface area contributed by atoms with Gasteiger partial charge in [-0.2, -0.15) is 0 Å². The van der Waals surface area contributed by atoms with Gasteiger partial charge in [-0.25, -0.2) is 12.8 Å². The molecule has 19 heavy (non-hydrogen) atoms. The summed E-state index contributed by atoms with van der Waals surface area (Å²) < 4.78 is 39.9. The van der Waals surface area contributed by atoms with Crippen LogP contribution in [-0.2, 0) is 10.0 Å². The van der Waals surface area contributed by atoms with E-state index in [2.05, 4.69) is 20.7 Å². The van der Waals surface area contributed by atoms with Crippen molar-refractivity contribution >= 4 is 54.6 Å². The minimum atomic E-state index is -3.85.